The fourth-order valence-electron chi connectivity index (χ4n) is 2.45. The molecular formula is C20H26N4O3. The molecule has 0 unspecified atom stereocenters. The van der Waals surface area contributed by atoms with Crippen LogP contribution in [0.5, 0.6) is 11.5 Å². The normalized spacial score (nSPS) is 10.9. The summed E-state index contributed by atoms with van der Waals surface area (Å²) in [5, 5.41) is 9.17. The second-order valence-electron chi connectivity index (χ2n) is 5.72. The fraction of sp³-hybridized carbons (Fsp3) is 0.300. The van der Waals surface area contributed by atoms with Crippen molar-refractivity contribution in [3.05, 3.63) is 54.1 Å². The van der Waals surface area contributed by atoms with Gasteiger partial charge in [0.2, 0.25) is 5.91 Å². The van der Waals surface area contributed by atoms with Crippen LogP contribution in [0.25, 0.3) is 0 Å². The van der Waals surface area contributed by atoms with Crippen molar-refractivity contribution in [2.75, 3.05) is 32.6 Å². The van der Waals surface area contributed by atoms with Crippen molar-refractivity contribution >= 4 is 17.6 Å². The summed E-state index contributed by atoms with van der Waals surface area (Å²) in [6.45, 7) is 3.11. The molecule has 0 radical (unpaired) electrons. The number of nitrogens with one attached hydrogen (secondary N) is 3. The first kappa shape index (κ1) is 20.1. The summed E-state index contributed by atoms with van der Waals surface area (Å²) in [5.74, 6) is 2.10. The first-order chi connectivity index (χ1) is 13.1. The molecule has 27 heavy (non-hydrogen) atoms. The van der Waals surface area contributed by atoms with Crippen molar-refractivity contribution in [2.45, 2.75) is 13.5 Å². The van der Waals surface area contributed by atoms with Crippen LogP contribution in [0.2, 0.25) is 0 Å². The lowest BCUT2D eigenvalue weighted by atomic mass is 10.2. The van der Waals surface area contributed by atoms with Crippen LogP contribution in [-0.4, -0.2) is 39.2 Å². The Bertz CT molecular complexity index is 777. The van der Waals surface area contributed by atoms with Crippen molar-refractivity contribution in [2.24, 2.45) is 4.99 Å². The van der Waals surface area contributed by atoms with E-state index >= 15 is 0 Å². The molecule has 0 aliphatic rings. The number of amides is 1. The van der Waals surface area contributed by atoms with Gasteiger partial charge in [-0.1, -0.05) is 24.3 Å². The van der Waals surface area contributed by atoms with Gasteiger partial charge in [-0.25, -0.2) is 0 Å². The highest BCUT2D eigenvalue weighted by atomic mass is 16.5. The smallest absolute Gasteiger partial charge is 0.221 e. The molecule has 0 saturated carbocycles. The Hall–Kier alpha value is -3.22. The van der Waals surface area contributed by atoms with Crippen molar-refractivity contribution in [3.8, 4) is 11.5 Å². The zero-order valence-electron chi connectivity index (χ0n) is 15.9. The number of aliphatic imine (C=N–C) groups is 1. The fourth-order valence-corrected chi connectivity index (χ4v) is 2.45. The zero-order valence-corrected chi connectivity index (χ0v) is 15.9. The summed E-state index contributed by atoms with van der Waals surface area (Å²) in [4.78, 5) is 15.3. The van der Waals surface area contributed by atoms with Crippen LogP contribution in [-0.2, 0) is 11.3 Å². The van der Waals surface area contributed by atoms with Crippen LogP contribution < -0.4 is 25.4 Å². The Morgan fingerprint density at radius 3 is 2.67 bits per heavy atom. The molecule has 3 N–H and O–H groups in total. The molecule has 0 saturated heterocycles. The Labute approximate surface area is 159 Å². The molecular weight excluding hydrogens is 344 g/mol. The summed E-state index contributed by atoms with van der Waals surface area (Å²) < 4.78 is 11.1. The molecule has 0 fully saturated rings. The average Bonchev–Trinajstić information content (AvgIpc) is 2.67. The van der Waals surface area contributed by atoms with Crippen molar-refractivity contribution in [1.29, 1.82) is 0 Å². The van der Waals surface area contributed by atoms with Gasteiger partial charge in [-0.05, 0) is 18.2 Å². The van der Waals surface area contributed by atoms with E-state index in [2.05, 4.69) is 20.9 Å². The number of anilines is 1. The third-order valence-electron chi connectivity index (χ3n) is 3.68. The lowest BCUT2D eigenvalue weighted by Crippen LogP contribution is -2.38. The quantitative estimate of drug-likeness (QED) is 0.378. The number of guanidine groups is 1. The van der Waals surface area contributed by atoms with Gasteiger partial charge in [-0.15, -0.1) is 0 Å². The highest BCUT2D eigenvalue weighted by Crippen LogP contribution is 2.17. The molecule has 0 aliphatic heterocycles. The number of benzene rings is 2. The van der Waals surface area contributed by atoms with Gasteiger partial charge in [0, 0.05) is 37.8 Å². The predicted molar refractivity (Wildman–Crippen MR) is 107 cm³/mol. The van der Waals surface area contributed by atoms with Crippen LogP contribution in [0.3, 0.4) is 0 Å². The summed E-state index contributed by atoms with van der Waals surface area (Å²) in [7, 11) is 3.37. The van der Waals surface area contributed by atoms with Crippen LogP contribution in [0.4, 0.5) is 5.69 Å². The number of carbonyl (C=O) groups is 1. The maximum absolute atomic E-state index is 11.1. The van der Waals surface area contributed by atoms with E-state index in [9.17, 15) is 4.79 Å². The van der Waals surface area contributed by atoms with Crippen molar-refractivity contribution < 1.29 is 14.3 Å². The van der Waals surface area contributed by atoms with Gasteiger partial charge in [0.05, 0.1) is 13.7 Å². The molecule has 2 aromatic rings. The number of carbonyl (C=O) groups excluding carboxylic acids is 1. The molecule has 144 valence electrons. The van der Waals surface area contributed by atoms with E-state index in [-0.39, 0.29) is 5.91 Å². The van der Waals surface area contributed by atoms with Crippen LogP contribution in [0, 0.1) is 0 Å². The Balaban J connectivity index is 1.76. The Morgan fingerprint density at radius 2 is 1.93 bits per heavy atom. The third kappa shape index (κ3) is 6.89. The largest absolute Gasteiger partial charge is 0.496 e. The molecule has 2 aromatic carbocycles. The first-order valence-electron chi connectivity index (χ1n) is 8.69. The highest BCUT2D eigenvalue weighted by molar-refractivity contribution is 5.88. The maximum Gasteiger partial charge on any atom is 0.221 e. The summed E-state index contributed by atoms with van der Waals surface area (Å²) >= 11 is 0. The van der Waals surface area contributed by atoms with E-state index < -0.39 is 0 Å². The first-order valence-corrected chi connectivity index (χ1v) is 8.69. The van der Waals surface area contributed by atoms with E-state index in [0.717, 1.165) is 11.3 Å². The van der Waals surface area contributed by atoms with Gasteiger partial charge in [0.1, 0.15) is 18.1 Å². The van der Waals surface area contributed by atoms with E-state index in [1.165, 1.54) is 6.92 Å². The van der Waals surface area contributed by atoms with Gasteiger partial charge < -0.3 is 25.4 Å². The number of hydrogen-bond donors (Lipinski definition) is 3. The summed E-state index contributed by atoms with van der Waals surface area (Å²) in [5.41, 5.74) is 1.76. The lowest BCUT2D eigenvalue weighted by molar-refractivity contribution is -0.114. The molecule has 1 amide bonds. The van der Waals surface area contributed by atoms with Gasteiger partial charge in [0.15, 0.2) is 5.96 Å². The van der Waals surface area contributed by atoms with Gasteiger partial charge >= 0.3 is 0 Å². The average molecular weight is 370 g/mol. The molecule has 0 aromatic heterocycles. The van der Waals surface area contributed by atoms with Crippen LogP contribution in [0.15, 0.2) is 53.5 Å². The van der Waals surface area contributed by atoms with Crippen LogP contribution >= 0.6 is 0 Å². The van der Waals surface area contributed by atoms with E-state index in [1.807, 2.05) is 42.5 Å². The van der Waals surface area contributed by atoms with Crippen molar-refractivity contribution in [1.82, 2.24) is 10.6 Å². The van der Waals surface area contributed by atoms with Gasteiger partial charge in [0.25, 0.3) is 0 Å². The molecule has 0 heterocycles. The van der Waals surface area contributed by atoms with Gasteiger partial charge in [-0.3, -0.25) is 9.79 Å². The standard InChI is InChI=1S/C20H26N4O3/c1-15(25)24-17-8-6-9-18(13-17)27-12-11-22-20(21-2)23-14-16-7-4-5-10-19(16)26-3/h4-10,13H,11-12,14H2,1-3H3,(H,24,25)(H2,21,22,23). The SMILES string of the molecule is CN=C(NCCOc1cccc(NC(C)=O)c1)NCc1ccccc1OC. The maximum atomic E-state index is 11.1. The monoisotopic (exact) mass is 370 g/mol. The zero-order chi connectivity index (χ0) is 19.5. The number of methoxy groups -OCH3 is 1. The molecule has 0 spiro atoms. The topological polar surface area (TPSA) is 84.0 Å². The number of rotatable bonds is 8. The van der Waals surface area contributed by atoms with E-state index in [1.54, 1.807) is 20.2 Å². The second kappa shape index (κ2) is 10.7. The Morgan fingerprint density at radius 1 is 1.11 bits per heavy atom. The summed E-state index contributed by atoms with van der Waals surface area (Å²) in [6, 6.07) is 15.1. The predicted octanol–water partition coefficient (Wildman–Crippen LogP) is 2.40. The summed E-state index contributed by atoms with van der Waals surface area (Å²) in [6.07, 6.45) is 0. The minimum atomic E-state index is -0.112. The van der Waals surface area contributed by atoms with Gasteiger partial charge in [-0.2, -0.15) is 0 Å². The molecule has 7 heteroatoms. The van der Waals surface area contributed by atoms with E-state index in [0.29, 0.717) is 37.1 Å². The minimum Gasteiger partial charge on any atom is -0.496 e. The molecule has 0 atom stereocenters. The second-order valence-corrected chi connectivity index (χ2v) is 5.72. The molecule has 2 rings (SSSR count). The van der Waals surface area contributed by atoms with Crippen molar-refractivity contribution in [3.63, 3.8) is 0 Å². The number of hydrogen-bond acceptors (Lipinski definition) is 4. The number of ether oxygens (including phenoxy) is 2. The minimum absolute atomic E-state index is 0.112. The molecule has 7 nitrogen and oxygen atoms in total. The Kier molecular flexibility index (Phi) is 7.96. The lowest BCUT2D eigenvalue weighted by Gasteiger charge is -2.14. The molecule has 0 aliphatic carbocycles. The third-order valence-corrected chi connectivity index (χ3v) is 3.68. The van der Waals surface area contributed by atoms with E-state index in [4.69, 9.17) is 9.47 Å². The molecule has 0 bridgehead atoms. The number of nitrogens with zero attached hydrogens (tertiary/aromatic N) is 1. The number of para-hydroxylation sites is 1. The van der Waals surface area contributed by atoms with Crippen LogP contribution in [0.1, 0.15) is 12.5 Å². The highest BCUT2D eigenvalue weighted by Gasteiger charge is 2.03.